The minimum Gasteiger partial charge on any atom is -0.347 e. The molecule has 1 aliphatic heterocycles. The molecule has 1 heterocycles. The van der Waals surface area contributed by atoms with Gasteiger partial charge in [-0.05, 0) is 17.7 Å². The van der Waals surface area contributed by atoms with Crippen LogP contribution in [0.1, 0.15) is 12.0 Å². The van der Waals surface area contributed by atoms with Crippen LogP contribution in [0.15, 0.2) is 60.7 Å². The maximum absolute atomic E-state index is 12.4. The number of carbonyl (C=O) groups is 3. The molecule has 6 heteroatoms. The van der Waals surface area contributed by atoms with Gasteiger partial charge in [0.25, 0.3) is 0 Å². The van der Waals surface area contributed by atoms with E-state index in [1.165, 1.54) is 0 Å². The first kappa shape index (κ1) is 18.6. The summed E-state index contributed by atoms with van der Waals surface area (Å²) in [5.41, 5.74) is 1.82. The average Bonchev–Trinajstić information content (AvgIpc) is 3.09. The van der Waals surface area contributed by atoms with Crippen molar-refractivity contribution in [3.05, 3.63) is 66.2 Å². The van der Waals surface area contributed by atoms with Crippen molar-refractivity contribution in [2.75, 3.05) is 25.0 Å². The summed E-state index contributed by atoms with van der Waals surface area (Å²) in [6.07, 6.45) is 0.161. The van der Waals surface area contributed by atoms with E-state index in [0.717, 1.165) is 11.3 Å². The van der Waals surface area contributed by atoms with Gasteiger partial charge in [-0.1, -0.05) is 48.5 Å². The summed E-state index contributed by atoms with van der Waals surface area (Å²) in [6, 6.07) is 19.0. The molecule has 0 aliphatic carbocycles. The van der Waals surface area contributed by atoms with Gasteiger partial charge in [0.2, 0.25) is 17.7 Å². The van der Waals surface area contributed by atoms with Crippen molar-refractivity contribution in [3.63, 3.8) is 0 Å². The molecule has 0 spiro atoms. The SMILES string of the molecule is CN(Cc1ccccc1)C(=O)CNC(=O)C1CC(=O)N(c2ccccc2)C1. The summed E-state index contributed by atoms with van der Waals surface area (Å²) in [5, 5.41) is 2.67. The number of nitrogens with zero attached hydrogens (tertiary/aromatic N) is 2. The van der Waals surface area contributed by atoms with Crippen LogP contribution in [0.4, 0.5) is 5.69 Å². The van der Waals surface area contributed by atoms with E-state index in [-0.39, 0.29) is 30.7 Å². The summed E-state index contributed by atoms with van der Waals surface area (Å²) in [6.45, 7) is 0.750. The van der Waals surface area contributed by atoms with E-state index in [1.807, 2.05) is 60.7 Å². The molecule has 140 valence electrons. The van der Waals surface area contributed by atoms with Crippen molar-refractivity contribution < 1.29 is 14.4 Å². The van der Waals surface area contributed by atoms with Gasteiger partial charge < -0.3 is 15.1 Å². The molecule has 1 atom stereocenters. The van der Waals surface area contributed by atoms with E-state index < -0.39 is 5.92 Å². The highest BCUT2D eigenvalue weighted by molar-refractivity contribution is 6.00. The Hall–Kier alpha value is -3.15. The Morgan fingerprint density at radius 2 is 1.70 bits per heavy atom. The second-order valence-corrected chi connectivity index (χ2v) is 6.69. The first-order valence-corrected chi connectivity index (χ1v) is 8.95. The number of hydrogen-bond donors (Lipinski definition) is 1. The Morgan fingerprint density at radius 3 is 2.37 bits per heavy atom. The Morgan fingerprint density at radius 1 is 1.07 bits per heavy atom. The van der Waals surface area contributed by atoms with Crippen LogP contribution in [-0.4, -0.2) is 42.8 Å². The van der Waals surface area contributed by atoms with Crippen LogP contribution in [0.25, 0.3) is 0 Å². The zero-order valence-corrected chi connectivity index (χ0v) is 15.3. The second kappa shape index (κ2) is 8.49. The summed E-state index contributed by atoms with van der Waals surface area (Å²) in [4.78, 5) is 40.0. The Balaban J connectivity index is 1.49. The fourth-order valence-electron chi connectivity index (χ4n) is 3.13. The molecule has 1 aliphatic rings. The molecule has 1 saturated heterocycles. The monoisotopic (exact) mass is 365 g/mol. The van der Waals surface area contributed by atoms with Crippen molar-refractivity contribution >= 4 is 23.4 Å². The van der Waals surface area contributed by atoms with Gasteiger partial charge in [0.05, 0.1) is 12.5 Å². The lowest BCUT2D eigenvalue weighted by Crippen LogP contribution is -2.40. The topological polar surface area (TPSA) is 69.7 Å². The minimum absolute atomic E-state index is 0.0712. The minimum atomic E-state index is -0.440. The third-order valence-corrected chi connectivity index (χ3v) is 4.67. The van der Waals surface area contributed by atoms with Gasteiger partial charge in [-0.2, -0.15) is 0 Å². The number of hydrogen-bond acceptors (Lipinski definition) is 3. The molecule has 3 amide bonds. The second-order valence-electron chi connectivity index (χ2n) is 6.69. The Labute approximate surface area is 158 Å². The maximum Gasteiger partial charge on any atom is 0.242 e. The number of amides is 3. The van der Waals surface area contributed by atoms with Crippen LogP contribution < -0.4 is 10.2 Å². The van der Waals surface area contributed by atoms with Crippen LogP contribution in [0.3, 0.4) is 0 Å². The van der Waals surface area contributed by atoms with Gasteiger partial charge >= 0.3 is 0 Å². The first-order chi connectivity index (χ1) is 13.0. The highest BCUT2D eigenvalue weighted by Crippen LogP contribution is 2.24. The number of likely N-dealkylation sites (N-methyl/N-ethyl adjacent to an activating group) is 1. The molecule has 3 rings (SSSR count). The van der Waals surface area contributed by atoms with Crippen LogP contribution >= 0.6 is 0 Å². The molecule has 1 N–H and O–H groups in total. The molecule has 0 radical (unpaired) electrons. The first-order valence-electron chi connectivity index (χ1n) is 8.95. The van der Waals surface area contributed by atoms with Gasteiger partial charge in [0.15, 0.2) is 0 Å². The fourth-order valence-corrected chi connectivity index (χ4v) is 3.13. The van der Waals surface area contributed by atoms with Crippen molar-refractivity contribution in [1.29, 1.82) is 0 Å². The van der Waals surface area contributed by atoms with Gasteiger partial charge in [-0.15, -0.1) is 0 Å². The van der Waals surface area contributed by atoms with Crippen LogP contribution in [0.2, 0.25) is 0 Å². The van der Waals surface area contributed by atoms with Crippen LogP contribution in [0, 0.1) is 5.92 Å². The standard InChI is InChI=1S/C21H23N3O3/c1-23(14-16-8-4-2-5-9-16)20(26)13-22-21(27)17-12-19(25)24(15-17)18-10-6-3-7-11-18/h2-11,17H,12-15H2,1H3,(H,22,27). The fraction of sp³-hybridized carbons (Fsp3) is 0.286. The number of anilines is 1. The Kier molecular flexibility index (Phi) is 5.86. The number of benzene rings is 2. The Bertz CT molecular complexity index is 808. The van der Waals surface area contributed by atoms with Gasteiger partial charge in [0.1, 0.15) is 0 Å². The van der Waals surface area contributed by atoms with E-state index in [4.69, 9.17) is 0 Å². The van der Waals surface area contributed by atoms with E-state index in [2.05, 4.69) is 5.32 Å². The largest absolute Gasteiger partial charge is 0.347 e. The molecule has 2 aromatic carbocycles. The zero-order valence-electron chi connectivity index (χ0n) is 15.3. The number of para-hydroxylation sites is 1. The zero-order chi connectivity index (χ0) is 19.2. The predicted octanol–water partition coefficient (Wildman–Crippen LogP) is 1.81. The summed E-state index contributed by atoms with van der Waals surface area (Å²) in [7, 11) is 1.71. The smallest absolute Gasteiger partial charge is 0.242 e. The molecular formula is C21H23N3O3. The quantitative estimate of drug-likeness (QED) is 0.849. The summed E-state index contributed by atoms with van der Waals surface area (Å²) >= 11 is 0. The number of nitrogens with one attached hydrogen (secondary N) is 1. The lowest BCUT2D eigenvalue weighted by atomic mass is 10.1. The molecular weight excluding hydrogens is 342 g/mol. The molecule has 27 heavy (non-hydrogen) atoms. The molecule has 1 unspecified atom stereocenters. The van der Waals surface area contributed by atoms with E-state index in [1.54, 1.807) is 16.8 Å². The van der Waals surface area contributed by atoms with Crippen molar-refractivity contribution in [3.8, 4) is 0 Å². The normalized spacial score (nSPS) is 16.3. The third kappa shape index (κ3) is 4.73. The van der Waals surface area contributed by atoms with Gasteiger partial charge in [-0.3, -0.25) is 14.4 Å². The maximum atomic E-state index is 12.4. The van der Waals surface area contributed by atoms with Crippen LogP contribution in [-0.2, 0) is 20.9 Å². The molecule has 0 aromatic heterocycles. The van der Waals surface area contributed by atoms with E-state index in [0.29, 0.717) is 13.1 Å². The average molecular weight is 365 g/mol. The highest BCUT2D eigenvalue weighted by atomic mass is 16.2. The van der Waals surface area contributed by atoms with Crippen LogP contribution in [0.5, 0.6) is 0 Å². The molecule has 2 aromatic rings. The van der Waals surface area contributed by atoms with Crippen molar-refractivity contribution in [1.82, 2.24) is 10.2 Å². The van der Waals surface area contributed by atoms with Crippen molar-refractivity contribution in [2.24, 2.45) is 5.92 Å². The van der Waals surface area contributed by atoms with Gasteiger partial charge in [0, 0.05) is 32.2 Å². The summed E-state index contributed by atoms with van der Waals surface area (Å²) in [5.74, 6) is -0.946. The van der Waals surface area contributed by atoms with Gasteiger partial charge in [-0.25, -0.2) is 0 Å². The molecule has 0 saturated carbocycles. The molecule has 1 fully saturated rings. The number of carbonyl (C=O) groups excluding carboxylic acids is 3. The predicted molar refractivity (Wildman–Crippen MR) is 103 cm³/mol. The third-order valence-electron chi connectivity index (χ3n) is 4.67. The van der Waals surface area contributed by atoms with E-state index >= 15 is 0 Å². The highest BCUT2D eigenvalue weighted by Gasteiger charge is 2.35. The summed E-state index contributed by atoms with van der Waals surface area (Å²) < 4.78 is 0. The molecule has 6 nitrogen and oxygen atoms in total. The number of rotatable bonds is 6. The van der Waals surface area contributed by atoms with Crippen molar-refractivity contribution in [2.45, 2.75) is 13.0 Å². The lowest BCUT2D eigenvalue weighted by molar-refractivity contribution is -0.133. The van der Waals surface area contributed by atoms with E-state index in [9.17, 15) is 14.4 Å². The molecule has 0 bridgehead atoms. The lowest BCUT2D eigenvalue weighted by Gasteiger charge is -2.19.